The number of ether oxygens (including phenoxy) is 3. The number of nitrogens with zero attached hydrogens (tertiary/aromatic N) is 3. The van der Waals surface area contributed by atoms with Crippen LogP contribution in [0.2, 0.25) is 0 Å². The zero-order valence-electron chi connectivity index (χ0n) is 25.4. The summed E-state index contributed by atoms with van der Waals surface area (Å²) in [4.78, 5) is 21.3. The van der Waals surface area contributed by atoms with Crippen molar-refractivity contribution in [2.24, 2.45) is 5.41 Å². The largest absolute Gasteiger partial charge is 0.464 e. The first kappa shape index (κ1) is 31.7. The molecule has 0 aromatic carbocycles. The minimum Gasteiger partial charge on any atom is -0.464 e. The van der Waals surface area contributed by atoms with Gasteiger partial charge in [-0.05, 0) is 90.0 Å². The highest BCUT2D eigenvalue weighted by Crippen LogP contribution is 2.31. The number of carbonyl (C=O) groups excluding carboxylic acids is 1. The smallest absolute Gasteiger partial charge is 0.334 e. The Bertz CT molecular complexity index is 1200. The summed E-state index contributed by atoms with van der Waals surface area (Å²) in [5, 5.41) is 20.5. The zero-order chi connectivity index (χ0) is 30.0. The molecule has 0 spiro atoms. The minimum atomic E-state index is -0.553. The summed E-state index contributed by atoms with van der Waals surface area (Å²) in [6.45, 7) is 10.3. The van der Waals surface area contributed by atoms with E-state index in [4.69, 9.17) is 19.2 Å². The number of nitrogens with one attached hydrogen (secondary N) is 3. The molecule has 3 heterocycles. The van der Waals surface area contributed by atoms with E-state index in [-0.39, 0.29) is 12.0 Å². The number of carbonyl (C=O) groups is 1. The summed E-state index contributed by atoms with van der Waals surface area (Å²) in [5.41, 5.74) is 2.56. The molecule has 0 unspecified atom stereocenters. The Morgan fingerprint density at radius 2 is 1.90 bits per heavy atom. The van der Waals surface area contributed by atoms with Crippen molar-refractivity contribution in [1.82, 2.24) is 15.3 Å². The van der Waals surface area contributed by atoms with Crippen LogP contribution < -0.4 is 16.0 Å². The Morgan fingerprint density at radius 1 is 1.17 bits per heavy atom. The Labute approximate surface area is 249 Å². The predicted molar refractivity (Wildman–Crippen MR) is 163 cm³/mol. The average Bonchev–Trinajstić information content (AvgIpc) is 3.01. The Morgan fingerprint density at radius 3 is 2.62 bits per heavy atom. The van der Waals surface area contributed by atoms with Crippen LogP contribution in [0, 0.1) is 23.7 Å². The van der Waals surface area contributed by atoms with E-state index in [0.29, 0.717) is 45.1 Å². The van der Waals surface area contributed by atoms with Crippen LogP contribution >= 0.6 is 0 Å². The summed E-state index contributed by atoms with van der Waals surface area (Å²) in [6.07, 6.45) is 7.00. The molecule has 2 fully saturated rings. The Hall–Kier alpha value is -3.26. The van der Waals surface area contributed by atoms with Crippen LogP contribution in [0.15, 0.2) is 30.5 Å². The fourth-order valence-electron chi connectivity index (χ4n) is 5.59. The highest BCUT2D eigenvalue weighted by Gasteiger charge is 2.32. The number of hydrogen-bond acceptors (Lipinski definition) is 10. The third-order valence-corrected chi connectivity index (χ3v) is 8.24. The number of pyridine rings is 2. The molecule has 228 valence electrons. The number of esters is 1. The second-order valence-corrected chi connectivity index (χ2v) is 11.6. The maximum atomic E-state index is 11.8. The van der Waals surface area contributed by atoms with Gasteiger partial charge in [-0.3, -0.25) is 0 Å². The number of aryl methyl sites for hydroxylation is 1. The third kappa shape index (κ3) is 8.87. The minimum absolute atomic E-state index is 0.151. The van der Waals surface area contributed by atoms with Gasteiger partial charge in [-0.15, -0.1) is 0 Å². The van der Waals surface area contributed by atoms with Crippen molar-refractivity contribution < 1.29 is 19.0 Å². The van der Waals surface area contributed by atoms with Gasteiger partial charge in [-0.25, -0.2) is 14.8 Å². The van der Waals surface area contributed by atoms with Crippen LogP contribution in [0.25, 0.3) is 11.3 Å². The first-order valence-electron chi connectivity index (χ1n) is 15.3. The lowest BCUT2D eigenvalue weighted by molar-refractivity contribution is -0.155. The van der Waals surface area contributed by atoms with E-state index in [9.17, 15) is 10.1 Å². The molecule has 3 N–H and O–H groups in total. The van der Waals surface area contributed by atoms with Gasteiger partial charge < -0.3 is 30.2 Å². The van der Waals surface area contributed by atoms with Gasteiger partial charge in [-0.2, -0.15) is 5.26 Å². The van der Waals surface area contributed by atoms with Gasteiger partial charge in [0.25, 0.3) is 0 Å². The SMILES string of the molecule is CCOC(=O)[C@H](C)OC[C@@H](C)NC1CCC(Nc2cc(-c3cccc(NCC4(C#N)CCOCC4)n3)c(C)cn2)CC1. The van der Waals surface area contributed by atoms with Crippen LogP contribution in [0.1, 0.15) is 64.9 Å². The fourth-order valence-corrected chi connectivity index (χ4v) is 5.59. The maximum absolute atomic E-state index is 11.8. The lowest BCUT2D eigenvalue weighted by Crippen LogP contribution is -2.43. The summed E-state index contributed by atoms with van der Waals surface area (Å²) >= 11 is 0. The standard InChI is InChI=1S/C32H46N6O4/c1-5-41-31(39)24(4)42-19-23(3)36-25-9-11-26(12-10-25)37-30-17-27(22(2)18-34-30)28-7-6-8-29(38-28)35-21-32(20-33)13-15-40-16-14-32/h6-8,17-18,23-26,36H,5,9-16,19,21H2,1-4H3,(H,34,37)(H,35,38)/t23-,24+,25?,26?/m1/s1. The molecule has 2 atom stereocenters. The molecule has 2 aromatic rings. The molecular formula is C32H46N6O4. The first-order chi connectivity index (χ1) is 20.3. The van der Waals surface area contributed by atoms with Crippen molar-refractivity contribution in [3.8, 4) is 17.3 Å². The summed E-state index contributed by atoms with van der Waals surface area (Å²) in [5.74, 6) is 1.30. The van der Waals surface area contributed by atoms with Crippen molar-refractivity contribution in [3.05, 3.63) is 36.0 Å². The Balaban J connectivity index is 1.28. The number of anilines is 2. The number of hydrogen-bond donors (Lipinski definition) is 3. The van der Waals surface area contributed by atoms with Crippen molar-refractivity contribution in [2.45, 2.75) is 90.4 Å². The van der Waals surface area contributed by atoms with Crippen molar-refractivity contribution in [2.75, 3.05) is 43.6 Å². The van der Waals surface area contributed by atoms with E-state index in [1.165, 1.54) is 0 Å². The highest BCUT2D eigenvalue weighted by atomic mass is 16.6. The molecule has 4 rings (SSSR count). The molecule has 1 saturated heterocycles. The van der Waals surface area contributed by atoms with Gasteiger partial charge in [0.2, 0.25) is 0 Å². The van der Waals surface area contributed by atoms with E-state index in [0.717, 1.165) is 67.0 Å². The van der Waals surface area contributed by atoms with E-state index >= 15 is 0 Å². The Kier molecular flexibility index (Phi) is 11.5. The van der Waals surface area contributed by atoms with E-state index in [2.05, 4.69) is 46.9 Å². The summed E-state index contributed by atoms with van der Waals surface area (Å²) < 4.78 is 16.2. The normalized spacial score (nSPS) is 21.5. The van der Waals surface area contributed by atoms with Crippen molar-refractivity contribution >= 4 is 17.6 Å². The lowest BCUT2D eigenvalue weighted by atomic mass is 9.82. The summed E-state index contributed by atoms with van der Waals surface area (Å²) in [6, 6.07) is 11.5. The van der Waals surface area contributed by atoms with Gasteiger partial charge >= 0.3 is 5.97 Å². The summed E-state index contributed by atoms with van der Waals surface area (Å²) in [7, 11) is 0. The molecule has 0 amide bonds. The van der Waals surface area contributed by atoms with Crippen molar-refractivity contribution in [3.63, 3.8) is 0 Å². The molecule has 10 heteroatoms. The second-order valence-electron chi connectivity index (χ2n) is 11.6. The molecule has 42 heavy (non-hydrogen) atoms. The molecular weight excluding hydrogens is 532 g/mol. The van der Waals surface area contributed by atoms with Gasteiger partial charge in [0.1, 0.15) is 11.6 Å². The number of rotatable bonds is 13. The van der Waals surface area contributed by atoms with Gasteiger partial charge in [0.15, 0.2) is 6.10 Å². The molecule has 10 nitrogen and oxygen atoms in total. The molecule has 1 saturated carbocycles. The number of nitriles is 1. The van der Waals surface area contributed by atoms with E-state index in [1.54, 1.807) is 13.8 Å². The van der Waals surface area contributed by atoms with E-state index in [1.807, 2.05) is 24.4 Å². The maximum Gasteiger partial charge on any atom is 0.334 e. The predicted octanol–water partition coefficient (Wildman–Crippen LogP) is 4.85. The van der Waals surface area contributed by atoms with Crippen LogP contribution in [0.5, 0.6) is 0 Å². The number of aromatic nitrogens is 2. The molecule has 1 aliphatic carbocycles. The topological polar surface area (TPSA) is 130 Å². The quantitative estimate of drug-likeness (QED) is 0.284. The van der Waals surface area contributed by atoms with Crippen molar-refractivity contribution in [1.29, 1.82) is 5.26 Å². The molecule has 2 aliphatic rings. The zero-order valence-corrected chi connectivity index (χ0v) is 25.4. The van der Waals surface area contributed by atoms with Crippen LogP contribution in [0.4, 0.5) is 11.6 Å². The van der Waals surface area contributed by atoms with Gasteiger partial charge in [0.05, 0.1) is 30.4 Å². The van der Waals surface area contributed by atoms with Crippen LogP contribution in [-0.2, 0) is 19.0 Å². The van der Waals surface area contributed by atoms with Gasteiger partial charge in [0, 0.05) is 49.6 Å². The molecule has 0 bridgehead atoms. The average molecular weight is 579 g/mol. The third-order valence-electron chi connectivity index (χ3n) is 8.24. The molecule has 1 aliphatic heterocycles. The fraction of sp³-hybridized carbons (Fsp3) is 0.625. The van der Waals surface area contributed by atoms with Gasteiger partial charge in [-0.1, -0.05) is 6.07 Å². The monoisotopic (exact) mass is 578 g/mol. The molecule has 0 radical (unpaired) electrons. The lowest BCUT2D eigenvalue weighted by Gasteiger charge is -2.32. The van der Waals surface area contributed by atoms with Crippen LogP contribution in [-0.4, -0.2) is 73.1 Å². The highest BCUT2D eigenvalue weighted by molar-refractivity contribution is 5.74. The first-order valence-corrected chi connectivity index (χ1v) is 15.3. The molecule has 2 aromatic heterocycles. The van der Waals surface area contributed by atoms with E-state index < -0.39 is 11.5 Å². The second kappa shape index (κ2) is 15.3. The van der Waals surface area contributed by atoms with Crippen LogP contribution in [0.3, 0.4) is 0 Å².